The van der Waals surface area contributed by atoms with Crippen molar-refractivity contribution in [3.8, 4) is 5.75 Å². The van der Waals surface area contributed by atoms with Crippen LogP contribution >= 0.6 is 0 Å². The second kappa shape index (κ2) is 13.6. The Morgan fingerprint density at radius 2 is 1.63 bits per heavy atom. The zero-order chi connectivity index (χ0) is 27.3. The molecule has 0 saturated carbocycles. The molecule has 3 atom stereocenters. The number of aliphatic hydroxyl groups is 2. The van der Waals surface area contributed by atoms with Gasteiger partial charge in [0.2, 0.25) is 0 Å². The van der Waals surface area contributed by atoms with Crippen LogP contribution in [0.25, 0.3) is 0 Å². The topological polar surface area (TPSA) is 89.8 Å². The second-order valence-electron chi connectivity index (χ2n) is 9.04. The van der Waals surface area contributed by atoms with Crippen molar-refractivity contribution in [2.75, 3.05) is 6.61 Å². The van der Waals surface area contributed by atoms with E-state index in [0.29, 0.717) is 28.0 Å². The van der Waals surface area contributed by atoms with E-state index in [4.69, 9.17) is 4.74 Å². The summed E-state index contributed by atoms with van der Waals surface area (Å²) in [4.78, 5) is 10.7. The summed E-state index contributed by atoms with van der Waals surface area (Å²) < 4.78 is 60.2. The number of carboxylic acids is 1. The van der Waals surface area contributed by atoms with Gasteiger partial charge in [-0.2, -0.15) is 13.2 Å². The normalized spacial score (nSPS) is 13.8. The fourth-order valence-corrected chi connectivity index (χ4v) is 4.34. The number of halogens is 4. The third kappa shape index (κ3) is 8.54. The number of hydrogen-bond donors (Lipinski definition) is 2. The zero-order valence-corrected chi connectivity index (χ0v) is 23.3. The summed E-state index contributed by atoms with van der Waals surface area (Å²) in [5.41, 5.74) is 1.97. The van der Waals surface area contributed by atoms with Crippen LogP contribution < -0.4 is 39.4 Å². The number of rotatable bonds is 10. The Hall–Kier alpha value is -2.43. The van der Waals surface area contributed by atoms with E-state index in [2.05, 4.69) is 0 Å². The zero-order valence-electron chi connectivity index (χ0n) is 21.3. The molecule has 10 heteroatoms. The molecule has 3 aromatic rings. The molecule has 198 valence electrons. The van der Waals surface area contributed by atoms with Gasteiger partial charge in [-0.3, -0.25) is 0 Å². The number of aliphatic carboxylic acids is 1. The number of carbonyl (C=O) groups excluding carboxylic acids is 1. The molecule has 5 nitrogen and oxygen atoms in total. The molecule has 0 aliphatic heterocycles. The van der Waals surface area contributed by atoms with E-state index in [0.717, 1.165) is 17.7 Å². The van der Waals surface area contributed by atoms with Crippen molar-refractivity contribution in [2.24, 2.45) is 0 Å². The largest absolute Gasteiger partial charge is 1.00 e. The first kappa shape index (κ1) is 31.8. The molecule has 2 unspecified atom stereocenters. The molecule has 0 fully saturated rings. The SMILES string of the molecule is Cc1cc(C)c(OCC(O)C[C@@H](O)CC(=O)[O-])c(C(c2ccc(F)cc2)c2cccc(C(F)(F)F)c2)c1.[Na+]. The quantitative estimate of drug-likeness (QED) is 0.229. The Morgan fingerprint density at radius 1 is 0.974 bits per heavy atom. The predicted octanol–water partition coefficient (Wildman–Crippen LogP) is 1.28. The monoisotopic (exact) mass is 542 g/mol. The summed E-state index contributed by atoms with van der Waals surface area (Å²) in [5, 5.41) is 30.7. The van der Waals surface area contributed by atoms with E-state index >= 15 is 0 Å². The molecule has 3 rings (SSSR count). The van der Waals surface area contributed by atoms with Gasteiger partial charge in [0.15, 0.2) is 0 Å². The van der Waals surface area contributed by atoms with Crippen molar-refractivity contribution >= 4 is 5.97 Å². The number of alkyl halides is 3. The Bertz CT molecular complexity index is 1230. The Balaban J connectivity index is 0.00000507. The number of aliphatic hydroxyl groups excluding tert-OH is 2. The molecule has 0 radical (unpaired) electrons. The number of hydrogen-bond acceptors (Lipinski definition) is 5. The third-order valence-corrected chi connectivity index (χ3v) is 5.88. The van der Waals surface area contributed by atoms with Crippen molar-refractivity contribution in [3.05, 3.63) is 99.9 Å². The summed E-state index contributed by atoms with van der Waals surface area (Å²) in [6, 6.07) is 13.9. The molecule has 3 aromatic carbocycles. The summed E-state index contributed by atoms with van der Waals surface area (Å²) in [6.45, 7) is 3.26. The minimum absolute atomic E-state index is 0. The number of aryl methyl sites for hydroxylation is 2. The first-order valence-electron chi connectivity index (χ1n) is 11.6. The minimum Gasteiger partial charge on any atom is -0.550 e. The van der Waals surface area contributed by atoms with Gasteiger partial charge in [-0.05, 0) is 48.7 Å². The Morgan fingerprint density at radius 3 is 2.24 bits per heavy atom. The molecule has 2 N–H and O–H groups in total. The van der Waals surface area contributed by atoms with Crippen LogP contribution in [0.4, 0.5) is 17.6 Å². The number of carbonyl (C=O) groups is 1. The van der Waals surface area contributed by atoms with Gasteiger partial charge in [0, 0.05) is 30.3 Å². The maximum absolute atomic E-state index is 13.7. The van der Waals surface area contributed by atoms with Crippen LogP contribution in [0.5, 0.6) is 5.75 Å². The fraction of sp³-hybridized carbons (Fsp3) is 0.321. The smallest absolute Gasteiger partial charge is 0.550 e. The van der Waals surface area contributed by atoms with E-state index in [1.165, 1.54) is 30.3 Å². The molecular weight excluding hydrogens is 515 g/mol. The van der Waals surface area contributed by atoms with E-state index in [1.54, 1.807) is 19.1 Å². The summed E-state index contributed by atoms with van der Waals surface area (Å²) in [5.74, 6) is -2.41. The van der Waals surface area contributed by atoms with Crippen LogP contribution in [0.1, 0.15) is 52.1 Å². The molecule has 0 saturated heterocycles. The van der Waals surface area contributed by atoms with Gasteiger partial charge in [0.05, 0.1) is 17.8 Å². The van der Waals surface area contributed by atoms with Gasteiger partial charge < -0.3 is 24.9 Å². The number of ether oxygens (including phenoxy) is 1. The minimum atomic E-state index is -4.57. The Kier molecular flexibility index (Phi) is 11.4. The maximum atomic E-state index is 13.7. The molecule has 0 aromatic heterocycles. The van der Waals surface area contributed by atoms with Crippen LogP contribution in [-0.2, 0) is 11.0 Å². The third-order valence-electron chi connectivity index (χ3n) is 5.88. The van der Waals surface area contributed by atoms with Crippen molar-refractivity contribution in [2.45, 2.75) is 51.0 Å². The standard InChI is InChI=1S/C28H28F4O5.Na/c1-16-10-17(2)27(37-15-23(34)13-22(33)14-25(35)36)24(11-16)26(18-6-8-21(29)9-7-18)19-4-3-5-20(12-19)28(30,31)32;/h3-12,22-23,26,33-34H,13-15H2,1-2H3,(H,35,36);/q;+1/p-1/t22-,23?,26?;/m1./s1. The maximum Gasteiger partial charge on any atom is 1.00 e. The summed E-state index contributed by atoms with van der Waals surface area (Å²) in [7, 11) is 0. The molecule has 0 amide bonds. The van der Waals surface area contributed by atoms with Gasteiger partial charge in [-0.1, -0.05) is 48.0 Å². The first-order valence-corrected chi connectivity index (χ1v) is 11.6. The van der Waals surface area contributed by atoms with Crippen LogP contribution in [0.3, 0.4) is 0 Å². The van der Waals surface area contributed by atoms with E-state index < -0.39 is 48.1 Å². The molecule has 0 heterocycles. The number of carboxylic acid groups (broad SMARTS) is 1. The Labute approximate surface area is 240 Å². The molecule has 38 heavy (non-hydrogen) atoms. The predicted molar refractivity (Wildman–Crippen MR) is 126 cm³/mol. The molecule has 0 aliphatic carbocycles. The fourth-order valence-electron chi connectivity index (χ4n) is 4.34. The summed E-state index contributed by atoms with van der Waals surface area (Å²) in [6.07, 6.45) is -8.04. The number of benzene rings is 3. The van der Waals surface area contributed by atoms with Gasteiger partial charge in [-0.25, -0.2) is 4.39 Å². The molecule has 0 bridgehead atoms. The van der Waals surface area contributed by atoms with Crippen molar-refractivity contribution in [1.29, 1.82) is 0 Å². The van der Waals surface area contributed by atoms with Crippen LogP contribution in [0, 0.1) is 19.7 Å². The van der Waals surface area contributed by atoms with Gasteiger partial charge >= 0.3 is 35.7 Å². The van der Waals surface area contributed by atoms with Crippen LogP contribution in [-0.4, -0.2) is 35.0 Å². The first-order chi connectivity index (χ1) is 17.3. The molecule has 0 spiro atoms. The average molecular weight is 543 g/mol. The van der Waals surface area contributed by atoms with Crippen molar-refractivity contribution in [3.63, 3.8) is 0 Å². The summed E-state index contributed by atoms with van der Waals surface area (Å²) >= 11 is 0. The molecule has 0 aliphatic rings. The van der Waals surface area contributed by atoms with E-state index in [1.807, 2.05) is 13.0 Å². The molecular formula is C28H27F4NaO5. The van der Waals surface area contributed by atoms with Gasteiger partial charge in [-0.15, -0.1) is 0 Å². The van der Waals surface area contributed by atoms with Gasteiger partial charge in [0.25, 0.3) is 0 Å². The average Bonchev–Trinajstić information content (AvgIpc) is 2.79. The van der Waals surface area contributed by atoms with Crippen LogP contribution in [0.15, 0.2) is 60.7 Å². The van der Waals surface area contributed by atoms with Crippen molar-refractivity contribution in [1.82, 2.24) is 0 Å². The van der Waals surface area contributed by atoms with E-state index in [9.17, 15) is 37.7 Å². The second-order valence-corrected chi connectivity index (χ2v) is 9.04. The van der Waals surface area contributed by atoms with Crippen LogP contribution in [0.2, 0.25) is 0 Å². The van der Waals surface area contributed by atoms with E-state index in [-0.39, 0.29) is 42.6 Å². The van der Waals surface area contributed by atoms with Crippen molar-refractivity contribution < 1.29 is 72.0 Å². The van der Waals surface area contributed by atoms with Gasteiger partial charge in [0.1, 0.15) is 18.2 Å².